The minimum Gasteiger partial charge on any atom is -0.436 e. The Balaban J connectivity index is 2.14. The second-order valence-corrected chi connectivity index (χ2v) is 4.21. The molecule has 19 heavy (non-hydrogen) atoms. The second-order valence-electron chi connectivity index (χ2n) is 3.81. The van der Waals surface area contributed by atoms with E-state index in [0.29, 0.717) is 18.2 Å². The van der Waals surface area contributed by atoms with Crippen LogP contribution in [0.4, 0.5) is 4.39 Å². The van der Waals surface area contributed by atoms with Gasteiger partial charge in [0.05, 0.1) is 16.9 Å². The highest BCUT2D eigenvalue weighted by Crippen LogP contribution is 2.28. The highest BCUT2D eigenvalue weighted by atomic mass is 35.5. The van der Waals surface area contributed by atoms with Crippen LogP contribution in [0.15, 0.2) is 30.6 Å². The Bertz CT molecular complexity index is 565. The highest BCUT2D eigenvalue weighted by Gasteiger charge is 2.06. The lowest BCUT2D eigenvalue weighted by Gasteiger charge is -2.07. The topological polar surface area (TPSA) is 47.0 Å². The standard InChI is InChI=1S/C13H13ClFN3O/c1-2-16-6-10-7-17-8-13(18-10)19-12-4-3-9(15)5-11(12)14/h3-5,7-8,16H,2,6H2,1H3. The molecule has 100 valence electrons. The Morgan fingerprint density at radius 2 is 2.21 bits per heavy atom. The molecule has 0 saturated carbocycles. The van der Waals surface area contributed by atoms with Crippen LogP contribution >= 0.6 is 11.6 Å². The van der Waals surface area contributed by atoms with Crippen LogP contribution < -0.4 is 10.1 Å². The Labute approximate surface area is 115 Å². The smallest absolute Gasteiger partial charge is 0.238 e. The van der Waals surface area contributed by atoms with Gasteiger partial charge in [0.1, 0.15) is 11.6 Å². The third kappa shape index (κ3) is 3.87. The van der Waals surface area contributed by atoms with Crippen molar-refractivity contribution in [2.24, 2.45) is 0 Å². The predicted octanol–water partition coefficient (Wildman–Crippen LogP) is 3.17. The maximum atomic E-state index is 12.9. The molecule has 1 aromatic carbocycles. The molecule has 0 bridgehead atoms. The molecular weight excluding hydrogens is 269 g/mol. The van der Waals surface area contributed by atoms with Gasteiger partial charge in [-0.15, -0.1) is 0 Å². The molecule has 1 N–H and O–H groups in total. The van der Waals surface area contributed by atoms with E-state index >= 15 is 0 Å². The summed E-state index contributed by atoms with van der Waals surface area (Å²) in [6, 6.07) is 3.92. The molecule has 0 aliphatic heterocycles. The first-order chi connectivity index (χ1) is 9.19. The summed E-state index contributed by atoms with van der Waals surface area (Å²) in [7, 11) is 0. The van der Waals surface area contributed by atoms with Crippen LogP contribution in [0.3, 0.4) is 0 Å². The molecule has 2 aromatic rings. The summed E-state index contributed by atoms with van der Waals surface area (Å²) in [5, 5.41) is 3.33. The molecule has 6 heteroatoms. The van der Waals surface area contributed by atoms with Gasteiger partial charge in [-0.1, -0.05) is 18.5 Å². The third-order valence-electron chi connectivity index (χ3n) is 2.33. The predicted molar refractivity (Wildman–Crippen MR) is 70.9 cm³/mol. The average molecular weight is 282 g/mol. The number of nitrogens with zero attached hydrogens (tertiary/aromatic N) is 2. The molecule has 4 nitrogen and oxygen atoms in total. The number of benzene rings is 1. The fourth-order valence-corrected chi connectivity index (χ4v) is 1.65. The van der Waals surface area contributed by atoms with Crippen LogP contribution in [-0.2, 0) is 6.54 Å². The van der Waals surface area contributed by atoms with Crippen molar-refractivity contribution in [3.63, 3.8) is 0 Å². The van der Waals surface area contributed by atoms with Crippen molar-refractivity contribution in [2.45, 2.75) is 13.5 Å². The van der Waals surface area contributed by atoms with E-state index in [2.05, 4.69) is 15.3 Å². The lowest BCUT2D eigenvalue weighted by atomic mass is 10.3. The number of nitrogens with one attached hydrogen (secondary N) is 1. The minimum atomic E-state index is -0.413. The Hall–Kier alpha value is -1.72. The van der Waals surface area contributed by atoms with Crippen molar-refractivity contribution >= 4 is 11.6 Å². The van der Waals surface area contributed by atoms with Crippen molar-refractivity contribution in [3.8, 4) is 11.6 Å². The maximum Gasteiger partial charge on any atom is 0.238 e. The quantitative estimate of drug-likeness (QED) is 0.914. The van der Waals surface area contributed by atoms with E-state index in [-0.39, 0.29) is 5.02 Å². The van der Waals surface area contributed by atoms with E-state index in [1.807, 2.05) is 6.92 Å². The van der Waals surface area contributed by atoms with Gasteiger partial charge in [0.25, 0.3) is 0 Å². The second kappa shape index (κ2) is 6.45. The summed E-state index contributed by atoms with van der Waals surface area (Å²) < 4.78 is 18.4. The van der Waals surface area contributed by atoms with E-state index in [1.165, 1.54) is 24.4 Å². The lowest BCUT2D eigenvalue weighted by molar-refractivity contribution is 0.455. The molecule has 1 aromatic heterocycles. The summed E-state index contributed by atoms with van der Waals surface area (Å²) in [6.07, 6.45) is 3.14. The molecule has 0 radical (unpaired) electrons. The number of hydrogen-bond acceptors (Lipinski definition) is 4. The van der Waals surface area contributed by atoms with E-state index in [9.17, 15) is 4.39 Å². The average Bonchev–Trinajstić information content (AvgIpc) is 2.40. The Kier molecular flexibility index (Phi) is 4.65. The van der Waals surface area contributed by atoms with Gasteiger partial charge in [-0.25, -0.2) is 9.37 Å². The van der Waals surface area contributed by atoms with Crippen LogP contribution in [0, 0.1) is 5.82 Å². The zero-order valence-electron chi connectivity index (χ0n) is 10.4. The molecule has 0 amide bonds. The molecule has 0 unspecified atom stereocenters. The summed E-state index contributed by atoms with van der Waals surface area (Å²) in [5.41, 5.74) is 0.762. The van der Waals surface area contributed by atoms with Gasteiger partial charge >= 0.3 is 0 Å². The van der Waals surface area contributed by atoms with Gasteiger partial charge in [0.15, 0.2) is 0 Å². The number of rotatable bonds is 5. The van der Waals surface area contributed by atoms with E-state index < -0.39 is 5.82 Å². The van der Waals surface area contributed by atoms with Crippen molar-refractivity contribution in [1.82, 2.24) is 15.3 Å². The van der Waals surface area contributed by atoms with Crippen LogP contribution in [0.1, 0.15) is 12.6 Å². The number of aromatic nitrogens is 2. The SMILES string of the molecule is CCNCc1cncc(Oc2ccc(F)cc2Cl)n1. The third-order valence-corrected chi connectivity index (χ3v) is 2.62. The summed E-state index contributed by atoms with van der Waals surface area (Å²) in [6.45, 7) is 3.46. The normalized spacial score (nSPS) is 10.5. The molecule has 0 saturated heterocycles. The van der Waals surface area contributed by atoms with E-state index in [1.54, 1.807) is 6.20 Å². The maximum absolute atomic E-state index is 12.9. The van der Waals surface area contributed by atoms with Crippen LogP contribution in [0.5, 0.6) is 11.6 Å². The first kappa shape index (κ1) is 13.7. The largest absolute Gasteiger partial charge is 0.436 e. The van der Waals surface area contributed by atoms with Gasteiger partial charge in [-0.2, -0.15) is 0 Å². The van der Waals surface area contributed by atoms with Gasteiger partial charge < -0.3 is 10.1 Å². The molecule has 0 fully saturated rings. The molecule has 0 atom stereocenters. The van der Waals surface area contributed by atoms with Gasteiger partial charge in [-0.3, -0.25) is 4.98 Å². The molecule has 0 aliphatic rings. The first-order valence-electron chi connectivity index (χ1n) is 5.83. The molecule has 0 aliphatic carbocycles. The van der Waals surface area contributed by atoms with Crippen molar-refractivity contribution in [2.75, 3.05) is 6.54 Å². The zero-order chi connectivity index (χ0) is 13.7. The number of hydrogen-bond donors (Lipinski definition) is 1. The van der Waals surface area contributed by atoms with Crippen molar-refractivity contribution in [3.05, 3.63) is 47.1 Å². The highest BCUT2D eigenvalue weighted by molar-refractivity contribution is 6.32. The van der Waals surface area contributed by atoms with Gasteiger partial charge in [0.2, 0.25) is 5.88 Å². The molecule has 1 heterocycles. The minimum absolute atomic E-state index is 0.193. The van der Waals surface area contributed by atoms with Crippen LogP contribution in [0.2, 0.25) is 5.02 Å². The molecule has 0 spiro atoms. The van der Waals surface area contributed by atoms with Gasteiger partial charge in [-0.05, 0) is 24.7 Å². The summed E-state index contributed by atoms with van der Waals surface area (Å²) >= 11 is 5.88. The molecular formula is C13H13ClFN3O. The fraction of sp³-hybridized carbons (Fsp3) is 0.231. The van der Waals surface area contributed by atoms with Gasteiger partial charge in [0, 0.05) is 12.7 Å². The summed E-state index contributed by atoms with van der Waals surface area (Å²) in [4.78, 5) is 8.31. The van der Waals surface area contributed by atoms with Crippen LogP contribution in [0.25, 0.3) is 0 Å². The Morgan fingerprint density at radius 1 is 1.37 bits per heavy atom. The number of halogens is 2. The Morgan fingerprint density at radius 3 is 2.95 bits per heavy atom. The van der Waals surface area contributed by atoms with Crippen LogP contribution in [-0.4, -0.2) is 16.5 Å². The van der Waals surface area contributed by atoms with Crippen molar-refractivity contribution < 1.29 is 9.13 Å². The first-order valence-corrected chi connectivity index (χ1v) is 6.21. The fourth-order valence-electron chi connectivity index (χ4n) is 1.44. The van der Waals surface area contributed by atoms with E-state index in [0.717, 1.165) is 12.2 Å². The van der Waals surface area contributed by atoms with Crippen molar-refractivity contribution in [1.29, 1.82) is 0 Å². The molecule has 2 rings (SSSR count). The monoisotopic (exact) mass is 281 g/mol. The number of ether oxygens (including phenoxy) is 1. The summed E-state index contributed by atoms with van der Waals surface area (Å²) in [5.74, 6) is 0.256. The lowest BCUT2D eigenvalue weighted by Crippen LogP contribution is -2.13. The van der Waals surface area contributed by atoms with E-state index in [4.69, 9.17) is 16.3 Å². The zero-order valence-corrected chi connectivity index (χ0v) is 11.1.